The fourth-order valence-corrected chi connectivity index (χ4v) is 2.95. The van der Waals surface area contributed by atoms with Gasteiger partial charge in [0.1, 0.15) is 0 Å². The Kier molecular flexibility index (Phi) is 5.43. The number of piperidine rings is 1. The van der Waals surface area contributed by atoms with E-state index in [4.69, 9.17) is 0 Å². The molecule has 2 N–H and O–H groups in total. The lowest BCUT2D eigenvalue weighted by molar-refractivity contribution is 0.345. The Hall–Kier alpha value is -0.380. The zero-order chi connectivity index (χ0) is 13.7. The highest BCUT2D eigenvalue weighted by atomic mass is 79.9. The van der Waals surface area contributed by atoms with Crippen LogP contribution in [0.25, 0.3) is 0 Å². The Balaban J connectivity index is 1.81. The molecule has 1 atom stereocenters. The van der Waals surface area contributed by atoms with Crippen molar-refractivity contribution in [2.24, 2.45) is 5.92 Å². The van der Waals surface area contributed by atoms with E-state index in [2.05, 4.69) is 64.7 Å². The smallest absolute Gasteiger partial charge is 0.0175 e. The third kappa shape index (κ3) is 4.59. The van der Waals surface area contributed by atoms with E-state index in [1.807, 2.05) is 0 Å². The van der Waals surface area contributed by atoms with E-state index in [0.717, 1.165) is 23.5 Å². The molecule has 1 fully saturated rings. The van der Waals surface area contributed by atoms with Crippen molar-refractivity contribution in [3.63, 3.8) is 0 Å². The topological polar surface area (TPSA) is 24.1 Å². The second-order valence-corrected chi connectivity index (χ2v) is 7.15. The molecule has 1 aromatic rings. The molecule has 106 valence electrons. The van der Waals surface area contributed by atoms with Gasteiger partial charge in [0.05, 0.1) is 0 Å². The Labute approximate surface area is 125 Å². The molecule has 0 radical (unpaired) electrons. The molecular formula is C16H25BrN2. The van der Waals surface area contributed by atoms with Crippen molar-refractivity contribution in [2.75, 3.05) is 26.2 Å². The fourth-order valence-electron chi connectivity index (χ4n) is 2.69. The minimum atomic E-state index is 0.183. The molecule has 1 aromatic carbocycles. The average Bonchev–Trinajstić information content (AvgIpc) is 2.40. The van der Waals surface area contributed by atoms with Crippen LogP contribution in [0.15, 0.2) is 28.7 Å². The van der Waals surface area contributed by atoms with Crippen molar-refractivity contribution in [3.8, 4) is 0 Å². The molecule has 1 saturated heterocycles. The second-order valence-electron chi connectivity index (χ2n) is 6.23. The quantitative estimate of drug-likeness (QED) is 0.868. The Bertz CT molecular complexity index is 380. The van der Waals surface area contributed by atoms with E-state index >= 15 is 0 Å². The standard InChI is InChI=1S/C16H25BrN2/c1-16(2,14-5-7-15(17)8-6-14)12-19-11-13-4-3-9-18-10-13/h5-8,13,18-19H,3-4,9-12H2,1-2H3. The third-order valence-corrected chi connectivity index (χ3v) is 4.55. The van der Waals surface area contributed by atoms with Crippen LogP contribution in [-0.2, 0) is 5.41 Å². The maximum absolute atomic E-state index is 3.66. The van der Waals surface area contributed by atoms with Crippen molar-refractivity contribution in [1.29, 1.82) is 0 Å². The van der Waals surface area contributed by atoms with Crippen molar-refractivity contribution < 1.29 is 0 Å². The minimum Gasteiger partial charge on any atom is -0.316 e. The van der Waals surface area contributed by atoms with Crippen molar-refractivity contribution in [1.82, 2.24) is 10.6 Å². The zero-order valence-corrected chi connectivity index (χ0v) is 13.6. The maximum atomic E-state index is 3.66. The van der Waals surface area contributed by atoms with Gasteiger partial charge in [-0.15, -0.1) is 0 Å². The monoisotopic (exact) mass is 324 g/mol. The largest absolute Gasteiger partial charge is 0.316 e. The van der Waals surface area contributed by atoms with Crippen LogP contribution < -0.4 is 10.6 Å². The number of hydrogen-bond acceptors (Lipinski definition) is 2. The van der Waals surface area contributed by atoms with E-state index in [-0.39, 0.29) is 5.41 Å². The van der Waals surface area contributed by atoms with Crippen LogP contribution in [0.1, 0.15) is 32.3 Å². The van der Waals surface area contributed by atoms with Crippen LogP contribution in [0.4, 0.5) is 0 Å². The predicted octanol–water partition coefficient (Wildman–Crippen LogP) is 3.32. The average molecular weight is 325 g/mol. The highest BCUT2D eigenvalue weighted by Gasteiger charge is 2.21. The normalized spacial score (nSPS) is 20.5. The molecular weight excluding hydrogens is 300 g/mol. The van der Waals surface area contributed by atoms with Gasteiger partial charge in [0.25, 0.3) is 0 Å². The molecule has 0 aliphatic carbocycles. The van der Waals surface area contributed by atoms with Gasteiger partial charge in [-0.05, 0) is 56.1 Å². The van der Waals surface area contributed by atoms with E-state index in [1.54, 1.807) is 0 Å². The van der Waals surface area contributed by atoms with E-state index in [9.17, 15) is 0 Å². The van der Waals surface area contributed by atoms with Gasteiger partial charge in [-0.25, -0.2) is 0 Å². The van der Waals surface area contributed by atoms with Gasteiger partial charge < -0.3 is 10.6 Å². The van der Waals surface area contributed by atoms with Gasteiger partial charge in [0.2, 0.25) is 0 Å². The Morgan fingerprint density at radius 3 is 2.68 bits per heavy atom. The molecule has 1 unspecified atom stereocenters. The van der Waals surface area contributed by atoms with Crippen molar-refractivity contribution in [2.45, 2.75) is 32.1 Å². The lowest BCUT2D eigenvalue weighted by atomic mass is 9.84. The van der Waals surface area contributed by atoms with Gasteiger partial charge in [-0.1, -0.05) is 41.9 Å². The lowest BCUT2D eigenvalue weighted by Crippen LogP contribution is -2.40. The molecule has 0 saturated carbocycles. The van der Waals surface area contributed by atoms with Crippen LogP contribution in [0.5, 0.6) is 0 Å². The summed E-state index contributed by atoms with van der Waals surface area (Å²) in [7, 11) is 0. The number of nitrogens with one attached hydrogen (secondary N) is 2. The predicted molar refractivity (Wildman–Crippen MR) is 85.6 cm³/mol. The van der Waals surface area contributed by atoms with Gasteiger partial charge in [-0.2, -0.15) is 0 Å². The summed E-state index contributed by atoms with van der Waals surface area (Å²) in [6, 6.07) is 8.69. The third-order valence-electron chi connectivity index (χ3n) is 4.02. The molecule has 0 amide bonds. The summed E-state index contributed by atoms with van der Waals surface area (Å²) in [5.74, 6) is 0.800. The summed E-state index contributed by atoms with van der Waals surface area (Å²) in [5.41, 5.74) is 1.58. The van der Waals surface area contributed by atoms with Crippen LogP contribution in [-0.4, -0.2) is 26.2 Å². The SMILES string of the molecule is CC(C)(CNCC1CCCNC1)c1ccc(Br)cc1. The van der Waals surface area contributed by atoms with E-state index in [1.165, 1.54) is 31.5 Å². The molecule has 3 heteroatoms. The van der Waals surface area contributed by atoms with Crippen LogP contribution in [0.3, 0.4) is 0 Å². The molecule has 19 heavy (non-hydrogen) atoms. The summed E-state index contributed by atoms with van der Waals surface area (Å²) in [4.78, 5) is 0. The number of hydrogen-bond donors (Lipinski definition) is 2. The first kappa shape index (κ1) is 15.0. The van der Waals surface area contributed by atoms with Crippen LogP contribution in [0.2, 0.25) is 0 Å². The molecule has 0 spiro atoms. The molecule has 2 rings (SSSR count). The maximum Gasteiger partial charge on any atom is 0.0175 e. The van der Waals surface area contributed by atoms with Gasteiger partial charge in [-0.3, -0.25) is 0 Å². The van der Waals surface area contributed by atoms with Gasteiger partial charge >= 0.3 is 0 Å². The number of halogens is 1. The van der Waals surface area contributed by atoms with E-state index < -0.39 is 0 Å². The highest BCUT2D eigenvalue weighted by molar-refractivity contribution is 9.10. The minimum absolute atomic E-state index is 0.183. The Morgan fingerprint density at radius 1 is 1.32 bits per heavy atom. The first-order valence-corrected chi connectivity index (χ1v) is 8.05. The first-order valence-electron chi connectivity index (χ1n) is 7.25. The summed E-state index contributed by atoms with van der Waals surface area (Å²) in [5, 5.41) is 7.13. The molecule has 0 aromatic heterocycles. The first-order chi connectivity index (χ1) is 9.08. The fraction of sp³-hybridized carbons (Fsp3) is 0.625. The van der Waals surface area contributed by atoms with Crippen LogP contribution in [0, 0.1) is 5.92 Å². The molecule has 2 nitrogen and oxygen atoms in total. The molecule has 1 heterocycles. The van der Waals surface area contributed by atoms with Crippen LogP contribution >= 0.6 is 15.9 Å². The van der Waals surface area contributed by atoms with Crippen molar-refractivity contribution >= 4 is 15.9 Å². The Morgan fingerprint density at radius 2 is 2.05 bits per heavy atom. The van der Waals surface area contributed by atoms with Gasteiger partial charge in [0.15, 0.2) is 0 Å². The molecule has 0 bridgehead atoms. The summed E-state index contributed by atoms with van der Waals surface area (Å²) >= 11 is 3.49. The lowest BCUT2D eigenvalue weighted by Gasteiger charge is -2.28. The van der Waals surface area contributed by atoms with Crippen molar-refractivity contribution in [3.05, 3.63) is 34.3 Å². The molecule has 1 aliphatic rings. The van der Waals surface area contributed by atoms with E-state index in [0.29, 0.717) is 0 Å². The zero-order valence-electron chi connectivity index (χ0n) is 12.0. The number of rotatable bonds is 5. The second kappa shape index (κ2) is 6.87. The number of benzene rings is 1. The molecule has 1 aliphatic heterocycles. The summed E-state index contributed by atoms with van der Waals surface area (Å²) in [6.07, 6.45) is 2.68. The highest BCUT2D eigenvalue weighted by Crippen LogP contribution is 2.24. The summed E-state index contributed by atoms with van der Waals surface area (Å²) < 4.78 is 1.15. The summed E-state index contributed by atoms with van der Waals surface area (Å²) in [6.45, 7) is 9.15. The van der Waals surface area contributed by atoms with Gasteiger partial charge in [0, 0.05) is 16.4 Å².